The first-order valence-corrected chi connectivity index (χ1v) is 11.4. The van der Waals surface area contributed by atoms with Crippen LogP contribution in [-0.4, -0.2) is 39.6 Å². The lowest BCUT2D eigenvalue weighted by Crippen LogP contribution is -2.42. The van der Waals surface area contributed by atoms with Gasteiger partial charge in [0.1, 0.15) is 22.2 Å². The maximum atomic E-state index is 13.2. The number of aromatic nitrogens is 4. The summed E-state index contributed by atoms with van der Waals surface area (Å²) in [4.78, 5) is 14.3. The molecule has 4 rings (SSSR count). The number of aliphatic hydroxyl groups is 1. The number of anilines is 1. The van der Waals surface area contributed by atoms with Gasteiger partial charge in [-0.1, -0.05) is 13.8 Å². The van der Waals surface area contributed by atoms with E-state index in [1.54, 1.807) is 17.0 Å². The summed E-state index contributed by atoms with van der Waals surface area (Å²) in [5.74, 6) is 0.392. The summed E-state index contributed by atoms with van der Waals surface area (Å²) in [6.07, 6.45) is -3.47. The molecular formula is C20H22F3N5O3S. The molecule has 0 saturated heterocycles. The predicted octanol–water partition coefficient (Wildman–Crippen LogP) is 2.67. The maximum Gasteiger partial charge on any atom is 0.433 e. The Kier molecular flexibility index (Phi) is 5.84. The molecule has 3 aromatic rings. The predicted molar refractivity (Wildman–Crippen MR) is 112 cm³/mol. The van der Waals surface area contributed by atoms with E-state index in [-0.39, 0.29) is 24.2 Å². The first-order valence-electron chi connectivity index (χ1n) is 10.0. The van der Waals surface area contributed by atoms with Crippen LogP contribution in [-0.2, 0) is 35.8 Å². The molecule has 0 spiro atoms. The summed E-state index contributed by atoms with van der Waals surface area (Å²) in [7, 11) is -2.68. The zero-order chi connectivity index (χ0) is 23.2. The Labute approximate surface area is 183 Å². The van der Waals surface area contributed by atoms with Crippen molar-refractivity contribution in [3.63, 3.8) is 0 Å². The Bertz CT molecular complexity index is 1230. The van der Waals surface area contributed by atoms with Crippen molar-refractivity contribution in [1.82, 2.24) is 19.5 Å². The number of halogens is 3. The van der Waals surface area contributed by atoms with Gasteiger partial charge in [0.15, 0.2) is 0 Å². The van der Waals surface area contributed by atoms with Crippen LogP contribution in [0.15, 0.2) is 24.4 Å². The molecule has 8 nitrogen and oxygen atoms in total. The standard InChI is InChI=1S/C20H22F3N5O3S/c1-11(2)17-18-25-14-7-12(9-29)13(10-32(30)31)8-15(14)27(18)5-6-28(17)19-24-4-3-16(26-19)20(21,22)23/h3-4,7-8,11,17,29,32H,5-6,9-10H2,1-2H3/t17-/m1/s1. The number of nitrogens with zero attached hydrogens (tertiary/aromatic N) is 5. The molecular weight excluding hydrogens is 447 g/mol. The van der Waals surface area contributed by atoms with E-state index in [4.69, 9.17) is 4.98 Å². The molecule has 1 aliphatic heterocycles. The summed E-state index contributed by atoms with van der Waals surface area (Å²) < 4.78 is 64.0. The fourth-order valence-electron chi connectivity index (χ4n) is 4.18. The summed E-state index contributed by atoms with van der Waals surface area (Å²) in [5, 5.41) is 9.67. The van der Waals surface area contributed by atoms with Crippen LogP contribution in [0.2, 0.25) is 0 Å². The summed E-state index contributed by atoms with van der Waals surface area (Å²) >= 11 is 0. The molecule has 0 bridgehead atoms. The van der Waals surface area contributed by atoms with Gasteiger partial charge < -0.3 is 14.6 Å². The van der Waals surface area contributed by atoms with Crippen LogP contribution < -0.4 is 4.90 Å². The number of benzene rings is 1. The molecule has 0 radical (unpaired) electrons. The van der Waals surface area contributed by atoms with Gasteiger partial charge in [0, 0.05) is 19.3 Å². The number of aliphatic hydroxyl groups excluding tert-OH is 1. The molecule has 1 aromatic carbocycles. The number of rotatable bonds is 5. The molecule has 1 N–H and O–H groups in total. The van der Waals surface area contributed by atoms with Gasteiger partial charge >= 0.3 is 6.18 Å². The van der Waals surface area contributed by atoms with E-state index in [2.05, 4.69) is 9.97 Å². The normalized spacial score (nSPS) is 16.9. The Balaban J connectivity index is 1.83. The van der Waals surface area contributed by atoms with Crippen molar-refractivity contribution in [3.05, 3.63) is 47.0 Å². The monoisotopic (exact) mass is 469 g/mol. The molecule has 2 aromatic heterocycles. The quantitative estimate of drug-likeness (QED) is 0.554. The van der Waals surface area contributed by atoms with Crippen LogP contribution in [0.3, 0.4) is 0 Å². The van der Waals surface area contributed by atoms with Crippen molar-refractivity contribution in [3.8, 4) is 0 Å². The first-order chi connectivity index (χ1) is 15.1. The molecule has 32 heavy (non-hydrogen) atoms. The minimum Gasteiger partial charge on any atom is -0.392 e. The van der Waals surface area contributed by atoms with Gasteiger partial charge in [-0.05, 0) is 35.2 Å². The topological polar surface area (TPSA) is 101 Å². The molecule has 172 valence electrons. The van der Waals surface area contributed by atoms with Crippen LogP contribution in [0, 0.1) is 5.92 Å². The SMILES string of the molecule is CC(C)[C@@H]1c2nc3cc(CO)c(C[SH](=O)=O)cc3n2CCN1c1nccc(C(F)(F)F)n1. The Morgan fingerprint density at radius 2 is 1.94 bits per heavy atom. The van der Waals surface area contributed by atoms with Crippen LogP contribution in [0.25, 0.3) is 11.0 Å². The lowest BCUT2D eigenvalue weighted by molar-refractivity contribution is -0.141. The summed E-state index contributed by atoms with van der Waals surface area (Å²) in [6, 6.07) is 3.83. The van der Waals surface area contributed by atoms with Crippen molar-refractivity contribution in [2.75, 3.05) is 11.4 Å². The summed E-state index contributed by atoms with van der Waals surface area (Å²) in [5.41, 5.74) is 1.29. The Hall–Kier alpha value is -2.73. The van der Waals surface area contributed by atoms with E-state index >= 15 is 0 Å². The van der Waals surface area contributed by atoms with Gasteiger partial charge in [-0.2, -0.15) is 13.2 Å². The van der Waals surface area contributed by atoms with Gasteiger partial charge in [0.2, 0.25) is 5.95 Å². The van der Waals surface area contributed by atoms with E-state index in [9.17, 15) is 26.7 Å². The zero-order valence-electron chi connectivity index (χ0n) is 17.4. The maximum absolute atomic E-state index is 13.2. The average Bonchev–Trinajstić information content (AvgIpc) is 3.08. The molecule has 0 fully saturated rings. The second-order valence-corrected chi connectivity index (χ2v) is 8.98. The lowest BCUT2D eigenvalue weighted by Gasteiger charge is -2.38. The molecule has 0 amide bonds. The highest BCUT2D eigenvalue weighted by Crippen LogP contribution is 2.37. The fourth-order valence-corrected chi connectivity index (χ4v) is 4.76. The third-order valence-electron chi connectivity index (χ3n) is 5.56. The molecule has 3 heterocycles. The number of hydrogen-bond donors (Lipinski definition) is 2. The molecule has 0 unspecified atom stereocenters. The third kappa shape index (κ3) is 4.04. The number of alkyl halides is 3. The van der Waals surface area contributed by atoms with E-state index < -0.39 is 28.6 Å². The Morgan fingerprint density at radius 3 is 2.56 bits per heavy atom. The van der Waals surface area contributed by atoms with E-state index in [1.165, 1.54) is 0 Å². The largest absolute Gasteiger partial charge is 0.433 e. The third-order valence-corrected chi connectivity index (χ3v) is 6.15. The second kappa shape index (κ2) is 8.32. The molecule has 12 heteroatoms. The van der Waals surface area contributed by atoms with E-state index in [0.29, 0.717) is 35.6 Å². The number of fused-ring (bicyclic) bond motifs is 3. The van der Waals surface area contributed by atoms with Gasteiger partial charge in [-0.15, -0.1) is 0 Å². The second-order valence-electron chi connectivity index (χ2n) is 8.00. The molecule has 1 atom stereocenters. The van der Waals surface area contributed by atoms with E-state index in [1.807, 2.05) is 18.4 Å². The Morgan fingerprint density at radius 1 is 1.19 bits per heavy atom. The highest BCUT2D eigenvalue weighted by atomic mass is 32.2. The van der Waals surface area contributed by atoms with Gasteiger partial charge in [-0.25, -0.2) is 23.4 Å². The number of imidazole rings is 1. The van der Waals surface area contributed by atoms with Crippen molar-refractivity contribution in [1.29, 1.82) is 0 Å². The van der Waals surface area contributed by atoms with Gasteiger partial charge in [-0.3, -0.25) is 0 Å². The molecule has 1 aliphatic rings. The minimum atomic E-state index is -4.58. The number of thiol groups is 1. The van der Waals surface area contributed by atoms with Gasteiger partial charge in [0.05, 0.1) is 29.4 Å². The molecule has 0 saturated carbocycles. The average molecular weight is 469 g/mol. The van der Waals surface area contributed by atoms with Crippen molar-refractivity contribution in [2.45, 2.75) is 45.0 Å². The molecule has 0 aliphatic carbocycles. The smallest absolute Gasteiger partial charge is 0.392 e. The first kappa shape index (κ1) is 22.5. The minimum absolute atomic E-state index is 0.0167. The number of hydrogen-bond acceptors (Lipinski definition) is 7. The summed E-state index contributed by atoms with van der Waals surface area (Å²) in [6.45, 7) is 4.32. The fraction of sp³-hybridized carbons (Fsp3) is 0.450. The van der Waals surface area contributed by atoms with E-state index in [0.717, 1.165) is 17.8 Å². The van der Waals surface area contributed by atoms with Crippen LogP contribution in [0.4, 0.5) is 19.1 Å². The highest BCUT2D eigenvalue weighted by Gasteiger charge is 2.37. The zero-order valence-corrected chi connectivity index (χ0v) is 18.3. The van der Waals surface area contributed by atoms with Crippen molar-refractivity contribution < 1.29 is 26.7 Å². The van der Waals surface area contributed by atoms with Crippen molar-refractivity contribution in [2.24, 2.45) is 5.92 Å². The van der Waals surface area contributed by atoms with Crippen LogP contribution in [0.5, 0.6) is 0 Å². The van der Waals surface area contributed by atoms with Gasteiger partial charge in [0.25, 0.3) is 0 Å². The van der Waals surface area contributed by atoms with Crippen LogP contribution in [0.1, 0.15) is 42.5 Å². The van der Waals surface area contributed by atoms with Crippen LogP contribution >= 0.6 is 0 Å². The van der Waals surface area contributed by atoms with Crippen molar-refractivity contribution >= 4 is 27.7 Å². The lowest BCUT2D eigenvalue weighted by atomic mass is 10.00. The highest BCUT2D eigenvalue weighted by molar-refractivity contribution is 7.71.